The number of terminal acetylenes is 1. The Morgan fingerprint density at radius 1 is 1.41 bits per heavy atom. The van der Waals surface area contributed by atoms with Gasteiger partial charge in [0.25, 0.3) is 0 Å². The summed E-state index contributed by atoms with van der Waals surface area (Å²) >= 11 is 0. The van der Waals surface area contributed by atoms with E-state index in [4.69, 9.17) is 6.42 Å². The number of amides is 1. The zero-order chi connectivity index (χ0) is 12.1. The Bertz CT molecular complexity index is 422. The van der Waals surface area contributed by atoms with E-state index < -0.39 is 0 Å². The van der Waals surface area contributed by atoms with Crippen molar-refractivity contribution in [2.24, 2.45) is 0 Å². The smallest absolute Gasteiger partial charge is 0.234 e. The highest BCUT2D eigenvalue weighted by Gasteiger charge is 2.39. The van der Waals surface area contributed by atoms with Crippen molar-refractivity contribution in [3.63, 3.8) is 0 Å². The molecule has 1 saturated carbocycles. The lowest BCUT2D eigenvalue weighted by Gasteiger charge is -2.04. The first-order valence-corrected chi connectivity index (χ1v) is 5.79. The number of hydrogen-bond donors (Lipinski definition) is 2. The summed E-state index contributed by atoms with van der Waals surface area (Å²) in [7, 11) is 0. The predicted molar refractivity (Wildman–Crippen MR) is 67.4 cm³/mol. The van der Waals surface area contributed by atoms with Gasteiger partial charge < -0.3 is 5.32 Å². The Hall–Kier alpha value is -1.79. The Labute approximate surface area is 102 Å². The van der Waals surface area contributed by atoms with Crippen LogP contribution >= 0.6 is 0 Å². The normalized spacial score (nSPS) is 21.6. The minimum atomic E-state index is 0.0173. The van der Waals surface area contributed by atoms with Crippen molar-refractivity contribution in [3.05, 3.63) is 35.9 Å². The topological polar surface area (TPSA) is 41.1 Å². The fourth-order valence-electron chi connectivity index (χ4n) is 1.93. The summed E-state index contributed by atoms with van der Waals surface area (Å²) in [5.41, 5.74) is 1.30. The molecule has 17 heavy (non-hydrogen) atoms. The van der Waals surface area contributed by atoms with Crippen LogP contribution in [0.3, 0.4) is 0 Å². The average Bonchev–Trinajstić information content (AvgIpc) is 3.10. The van der Waals surface area contributed by atoms with Gasteiger partial charge in [-0.05, 0) is 12.0 Å². The largest absolute Gasteiger partial charge is 0.352 e. The van der Waals surface area contributed by atoms with E-state index in [2.05, 4.69) is 28.7 Å². The van der Waals surface area contributed by atoms with E-state index in [1.54, 1.807) is 0 Å². The van der Waals surface area contributed by atoms with Crippen molar-refractivity contribution < 1.29 is 4.79 Å². The summed E-state index contributed by atoms with van der Waals surface area (Å²) in [5, 5.41) is 5.87. The molecule has 2 rings (SSSR count). The third-order valence-corrected chi connectivity index (χ3v) is 2.88. The maximum Gasteiger partial charge on any atom is 0.234 e. The van der Waals surface area contributed by atoms with Gasteiger partial charge in [0.15, 0.2) is 0 Å². The first-order chi connectivity index (χ1) is 8.31. The molecule has 1 amide bonds. The number of rotatable bonds is 5. The summed E-state index contributed by atoms with van der Waals surface area (Å²) in [5.74, 6) is 2.93. The molecule has 3 heteroatoms. The van der Waals surface area contributed by atoms with Crippen LogP contribution in [0, 0.1) is 12.3 Å². The lowest BCUT2D eigenvalue weighted by Crippen LogP contribution is -2.35. The van der Waals surface area contributed by atoms with Gasteiger partial charge in [0.1, 0.15) is 0 Å². The van der Waals surface area contributed by atoms with Crippen LogP contribution in [0.2, 0.25) is 0 Å². The minimum Gasteiger partial charge on any atom is -0.352 e. The van der Waals surface area contributed by atoms with Gasteiger partial charge in [-0.15, -0.1) is 6.42 Å². The van der Waals surface area contributed by atoms with Crippen molar-refractivity contribution in [3.8, 4) is 12.3 Å². The zero-order valence-corrected chi connectivity index (χ0v) is 9.65. The molecule has 0 aliphatic heterocycles. The zero-order valence-electron chi connectivity index (χ0n) is 9.65. The van der Waals surface area contributed by atoms with Crippen molar-refractivity contribution >= 4 is 5.91 Å². The molecule has 0 saturated heterocycles. The fraction of sp³-hybridized carbons (Fsp3) is 0.357. The van der Waals surface area contributed by atoms with Crippen LogP contribution in [0.15, 0.2) is 30.3 Å². The number of benzene rings is 1. The molecule has 1 aromatic carbocycles. The van der Waals surface area contributed by atoms with E-state index in [-0.39, 0.29) is 11.9 Å². The monoisotopic (exact) mass is 228 g/mol. The van der Waals surface area contributed by atoms with Gasteiger partial charge in [0, 0.05) is 12.0 Å². The highest BCUT2D eigenvalue weighted by molar-refractivity contribution is 5.79. The minimum absolute atomic E-state index is 0.0173. The summed E-state index contributed by atoms with van der Waals surface area (Å²) < 4.78 is 0. The van der Waals surface area contributed by atoms with Crippen molar-refractivity contribution in [2.75, 3.05) is 13.1 Å². The van der Waals surface area contributed by atoms with E-state index in [1.807, 2.05) is 18.2 Å². The van der Waals surface area contributed by atoms with Gasteiger partial charge in [-0.3, -0.25) is 10.1 Å². The molecule has 1 aliphatic rings. The van der Waals surface area contributed by atoms with Gasteiger partial charge >= 0.3 is 0 Å². The molecule has 3 nitrogen and oxygen atoms in total. The Kier molecular flexibility index (Phi) is 3.79. The average molecular weight is 228 g/mol. The van der Waals surface area contributed by atoms with E-state index in [9.17, 15) is 4.79 Å². The third kappa shape index (κ3) is 3.33. The number of nitrogens with one attached hydrogen (secondary N) is 2. The molecule has 0 bridgehead atoms. The van der Waals surface area contributed by atoms with Crippen molar-refractivity contribution in [1.29, 1.82) is 0 Å². The van der Waals surface area contributed by atoms with Crippen LogP contribution in [0.4, 0.5) is 0 Å². The summed E-state index contributed by atoms with van der Waals surface area (Å²) in [6, 6.07) is 10.6. The lowest BCUT2D eigenvalue weighted by atomic mass is 10.1. The fourth-order valence-corrected chi connectivity index (χ4v) is 1.93. The molecule has 0 spiro atoms. The second-order valence-electron chi connectivity index (χ2n) is 4.23. The maximum absolute atomic E-state index is 11.5. The molecule has 1 aromatic rings. The molecular weight excluding hydrogens is 212 g/mol. The molecule has 0 aromatic heterocycles. The Morgan fingerprint density at radius 3 is 2.88 bits per heavy atom. The van der Waals surface area contributed by atoms with Crippen molar-refractivity contribution in [1.82, 2.24) is 10.6 Å². The first kappa shape index (κ1) is 11.7. The van der Waals surface area contributed by atoms with Gasteiger partial charge in [-0.2, -0.15) is 0 Å². The number of hydrogen-bond acceptors (Lipinski definition) is 2. The van der Waals surface area contributed by atoms with Crippen molar-refractivity contribution in [2.45, 2.75) is 18.4 Å². The maximum atomic E-state index is 11.5. The second kappa shape index (κ2) is 5.51. The lowest BCUT2D eigenvalue weighted by molar-refractivity contribution is -0.120. The second-order valence-corrected chi connectivity index (χ2v) is 4.23. The van der Waals surface area contributed by atoms with Gasteiger partial charge in [0.2, 0.25) is 5.91 Å². The summed E-state index contributed by atoms with van der Waals surface area (Å²) in [6.45, 7) is 0.725. The highest BCUT2D eigenvalue weighted by atomic mass is 16.2. The molecule has 0 heterocycles. The quantitative estimate of drug-likeness (QED) is 0.580. The van der Waals surface area contributed by atoms with Crippen LogP contribution in [-0.2, 0) is 4.79 Å². The number of carbonyl (C=O) groups is 1. The van der Waals surface area contributed by atoms with Crippen LogP contribution in [-0.4, -0.2) is 25.0 Å². The van der Waals surface area contributed by atoms with E-state index in [0.29, 0.717) is 19.0 Å². The SMILES string of the molecule is C#CCNCC(=O)NC1CC1c1ccccc1. The van der Waals surface area contributed by atoms with Crippen LogP contribution < -0.4 is 10.6 Å². The Morgan fingerprint density at radius 2 is 2.18 bits per heavy atom. The predicted octanol–water partition coefficient (Wildman–Crippen LogP) is 0.881. The summed E-state index contributed by atoms with van der Waals surface area (Å²) in [4.78, 5) is 11.5. The molecule has 0 radical (unpaired) electrons. The van der Waals surface area contributed by atoms with E-state index >= 15 is 0 Å². The van der Waals surface area contributed by atoms with Crippen LogP contribution in [0.25, 0.3) is 0 Å². The standard InChI is InChI=1S/C14H16N2O/c1-2-8-15-10-14(17)16-13-9-12(13)11-6-4-3-5-7-11/h1,3-7,12-13,15H,8-10H2,(H,16,17). The first-order valence-electron chi connectivity index (χ1n) is 5.79. The summed E-state index contributed by atoms with van der Waals surface area (Å²) in [6.07, 6.45) is 6.11. The Balaban J connectivity index is 1.73. The molecule has 1 aliphatic carbocycles. The molecule has 88 valence electrons. The van der Waals surface area contributed by atoms with Gasteiger partial charge in [0.05, 0.1) is 13.1 Å². The molecular formula is C14H16N2O. The van der Waals surface area contributed by atoms with Crippen LogP contribution in [0.1, 0.15) is 17.9 Å². The van der Waals surface area contributed by atoms with Gasteiger partial charge in [-0.25, -0.2) is 0 Å². The highest BCUT2D eigenvalue weighted by Crippen LogP contribution is 2.40. The van der Waals surface area contributed by atoms with E-state index in [0.717, 1.165) is 6.42 Å². The third-order valence-electron chi connectivity index (χ3n) is 2.88. The molecule has 1 fully saturated rings. The van der Waals surface area contributed by atoms with Gasteiger partial charge in [-0.1, -0.05) is 36.3 Å². The number of carbonyl (C=O) groups excluding carboxylic acids is 1. The molecule has 2 atom stereocenters. The van der Waals surface area contributed by atoms with Crippen LogP contribution in [0.5, 0.6) is 0 Å². The molecule has 2 unspecified atom stereocenters. The molecule has 2 N–H and O–H groups in total. The van der Waals surface area contributed by atoms with E-state index in [1.165, 1.54) is 5.56 Å².